The van der Waals surface area contributed by atoms with Gasteiger partial charge in [-0.3, -0.25) is 9.69 Å². The van der Waals surface area contributed by atoms with E-state index in [1.54, 1.807) is 10.4 Å². The molecule has 1 N–H and O–H groups in total. The van der Waals surface area contributed by atoms with Crippen LogP contribution in [0.25, 0.3) is 11.0 Å². The number of aryl methyl sites for hydroxylation is 3. The summed E-state index contributed by atoms with van der Waals surface area (Å²) in [4.78, 5) is 19.7. The normalized spacial score (nSPS) is 15.8. The zero-order valence-electron chi connectivity index (χ0n) is 20.5. The molecule has 1 aromatic heterocycles. The van der Waals surface area contributed by atoms with Crippen molar-refractivity contribution in [3.05, 3.63) is 58.9 Å². The van der Waals surface area contributed by atoms with Crippen molar-refractivity contribution < 1.29 is 13.2 Å². The van der Waals surface area contributed by atoms with Crippen LogP contribution in [0.4, 0.5) is 0 Å². The number of carbonyl (C=O) groups excluding carboxylic acids is 1. The van der Waals surface area contributed by atoms with Crippen LogP contribution in [0.5, 0.6) is 0 Å². The number of carbonyl (C=O) groups is 1. The van der Waals surface area contributed by atoms with E-state index in [2.05, 4.69) is 10.2 Å². The van der Waals surface area contributed by atoms with E-state index in [9.17, 15) is 13.2 Å². The number of fused-ring (bicyclic) bond motifs is 1. The second-order valence-corrected chi connectivity index (χ2v) is 11.3. The standard InChI is InChI=1S/C25H33N5O3S/c1-17(2)26-25(31)20-7-8-22-21(15-20)27-24(28(22)5)16-29-10-12-30(13-11-29)34(32,33)23-9-6-18(3)14-19(23)4/h6-9,14-15,17H,10-13,16H2,1-5H3,(H,26,31). The van der Waals surface area contributed by atoms with Gasteiger partial charge < -0.3 is 9.88 Å². The minimum absolute atomic E-state index is 0.0693. The van der Waals surface area contributed by atoms with Crippen molar-refractivity contribution in [1.82, 2.24) is 24.1 Å². The molecule has 1 aliphatic heterocycles. The topological polar surface area (TPSA) is 87.5 Å². The average molecular weight is 484 g/mol. The predicted octanol–water partition coefficient (Wildman–Crippen LogP) is 2.83. The molecule has 0 saturated carbocycles. The molecule has 182 valence electrons. The molecule has 0 aliphatic carbocycles. The molecule has 0 unspecified atom stereocenters. The van der Waals surface area contributed by atoms with Gasteiger partial charge in [0.15, 0.2) is 0 Å². The number of aromatic nitrogens is 2. The Bertz CT molecular complexity index is 1320. The summed E-state index contributed by atoms with van der Waals surface area (Å²) in [6.07, 6.45) is 0. The van der Waals surface area contributed by atoms with Crippen LogP contribution in [0.3, 0.4) is 0 Å². The van der Waals surface area contributed by atoms with Crippen molar-refractivity contribution in [3.63, 3.8) is 0 Å². The van der Waals surface area contributed by atoms with Gasteiger partial charge in [0.2, 0.25) is 10.0 Å². The number of sulfonamides is 1. The molecule has 4 rings (SSSR count). The molecule has 0 atom stereocenters. The van der Waals surface area contributed by atoms with Gasteiger partial charge in [-0.2, -0.15) is 4.31 Å². The molecule has 2 heterocycles. The van der Waals surface area contributed by atoms with E-state index >= 15 is 0 Å². The number of hydrogen-bond donors (Lipinski definition) is 1. The minimum Gasteiger partial charge on any atom is -0.350 e. The highest BCUT2D eigenvalue weighted by atomic mass is 32.2. The molecular formula is C25H33N5O3S. The zero-order valence-corrected chi connectivity index (χ0v) is 21.3. The van der Waals surface area contributed by atoms with Gasteiger partial charge in [-0.15, -0.1) is 0 Å². The van der Waals surface area contributed by atoms with E-state index in [0.29, 0.717) is 43.2 Å². The number of nitrogens with zero attached hydrogens (tertiary/aromatic N) is 4. The summed E-state index contributed by atoms with van der Waals surface area (Å²) in [5, 5.41) is 2.91. The monoisotopic (exact) mass is 483 g/mol. The molecule has 3 aromatic rings. The van der Waals surface area contributed by atoms with E-state index < -0.39 is 10.0 Å². The first-order chi connectivity index (χ1) is 16.1. The van der Waals surface area contributed by atoms with Crippen molar-refractivity contribution in [3.8, 4) is 0 Å². The van der Waals surface area contributed by atoms with Gasteiger partial charge in [-0.25, -0.2) is 13.4 Å². The third-order valence-electron chi connectivity index (χ3n) is 6.30. The first-order valence-electron chi connectivity index (χ1n) is 11.6. The number of benzene rings is 2. The van der Waals surface area contributed by atoms with Gasteiger partial charge in [0.25, 0.3) is 5.91 Å². The molecule has 1 fully saturated rings. The largest absolute Gasteiger partial charge is 0.350 e. The van der Waals surface area contributed by atoms with E-state index in [-0.39, 0.29) is 11.9 Å². The summed E-state index contributed by atoms with van der Waals surface area (Å²) in [7, 11) is -1.54. The van der Waals surface area contributed by atoms with Crippen LogP contribution in [-0.4, -0.2) is 65.3 Å². The van der Waals surface area contributed by atoms with Gasteiger partial charge >= 0.3 is 0 Å². The van der Waals surface area contributed by atoms with Crippen molar-refractivity contribution in [2.75, 3.05) is 26.2 Å². The smallest absolute Gasteiger partial charge is 0.251 e. The molecule has 0 bridgehead atoms. The quantitative estimate of drug-likeness (QED) is 0.583. The van der Waals surface area contributed by atoms with Gasteiger partial charge in [0.1, 0.15) is 5.82 Å². The Hall–Kier alpha value is -2.75. The summed E-state index contributed by atoms with van der Waals surface area (Å²) in [6.45, 7) is 10.5. The highest BCUT2D eigenvalue weighted by molar-refractivity contribution is 7.89. The van der Waals surface area contributed by atoms with E-state index in [0.717, 1.165) is 28.0 Å². The van der Waals surface area contributed by atoms with E-state index in [1.165, 1.54) is 0 Å². The van der Waals surface area contributed by atoms with Crippen LogP contribution in [0, 0.1) is 13.8 Å². The second kappa shape index (κ2) is 9.48. The van der Waals surface area contributed by atoms with Crippen LogP contribution in [0.1, 0.15) is 41.2 Å². The molecule has 9 heteroatoms. The van der Waals surface area contributed by atoms with Gasteiger partial charge in [-0.05, 0) is 57.5 Å². The number of hydrogen-bond acceptors (Lipinski definition) is 5. The maximum Gasteiger partial charge on any atom is 0.251 e. The molecule has 1 saturated heterocycles. The highest BCUT2D eigenvalue weighted by Crippen LogP contribution is 2.23. The van der Waals surface area contributed by atoms with Gasteiger partial charge in [0.05, 0.1) is 22.5 Å². The molecular weight excluding hydrogens is 450 g/mol. The first-order valence-corrected chi connectivity index (χ1v) is 13.1. The lowest BCUT2D eigenvalue weighted by molar-refractivity contribution is 0.0943. The Morgan fingerprint density at radius 1 is 1.06 bits per heavy atom. The molecule has 1 aliphatic rings. The number of imidazole rings is 1. The third-order valence-corrected chi connectivity index (χ3v) is 8.36. The van der Waals surface area contributed by atoms with Crippen molar-refractivity contribution in [1.29, 1.82) is 0 Å². The number of piperazine rings is 1. The Kier molecular flexibility index (Phi) is 6.80. The second-order valence-electron chi connectivity index (χ2n) is 9.37. The average Bonchev–Trinajstić information content (AvgIpc) is 3.08. The minimum atomic E-state index is -3.51. The van der Waals surface area contributed by atoms with Crippen LogP contribution in [0.15, 0.2) is 41.3 Å². The lowest BCUT2D eigenvalue weighted by atomic mass is 10.2. The van der Waals surface area contributed by atoms with Gasteiger partial charge in [0, 0.05) is 44.8 Å². The fraction of sp³-hybridized carbons (Fsp3) is 0.440. The molecule has 8 nitrogen and oxygen atoms in total. The molecule has 0 spiro atoms. The maximum atomic E-state index is 13.2. The SMILES string of the molecule is Cc1ccc(S(=O)(=O)N2CCN(Cc3nc4cc(C(=O)NC(C)C)ccc4n3C)CC2)c(C)c1. The van der Waals surface area contributed by atoms with Crippen LogP contribution in [-0.2, 0) is 23.6 Å². The Morgan fingerprint density at radius 2 is 1.76 bits per heavy atom. The van der Waals surface area contributed by atoms with E-state index in [4.69, 9.17) is 4.98 Å². The number of amides is 1. The van der Waals surface area contributed by atoms with Crippen LogP contribution in [0.2, 0.25) is 0 Å². The first kappa shape index (κ1) is 24.4. The van der Waals surface area contributed by atoms with Crippen LogP contribution < -0.4 is 5.32 Å². The van der Waals surface area contributed by atoms with Crippen molar-refractivity contribution in [2.24, 2.45) is 7.05 Å². The summed E-state index contributed by atoms with van der Waals surface area (Å²) in [6, 6.07) is 11.1. The van der Waals surface area contributed by atoms with E-state index in [1.807, 2.05) is 69.6 Å². The summed E-state index contributed by atoms with van der Waals surface area (Å²) < 4.78 is 30.0. The predicted molar refractivity (Wildman–Crippen MR) is 133 cm³/mol. The summed E-state index contributed by atoms with van der Waals surface area (Å²) >= 11 is 0. The lowest BCUT2D eigenvalue weighted by Crippen LogP contribution is -2.48. The Labute approximate surface area is 201 Å². The molecule has 1 amide bonds. The fourth-order valence-corrected chi connectivity index (χ4v) is 6.06. The van der Waals surface area contributed by atoms with Gasteiger partial charge in [-0.1, -0.05) is 17.7 Å². The Morgan fingerprint density at radius 3 is 2.41 bits per heavy atom. The van der Waals surface area contributed by atoms with Crippen LogP contribution >= 0.6 is 0 Å². The molecule has 0 radical (unpaired) electrons. The van der Waals surface area contributed by atoms with Crippen molar-refractivity contribution in [2.45, 2.75) is 45.2 Å². The van der Waals surface area contributed by atoms with Crippen molar-refractivity contribution >= 4 is 27.0 Å². The highest BCUT2D eigenvalue weighted by Gasteiger charge is 2.30. The fourth-order valence-electron chi connectivity index (χ4n) is 4.43. The lowest BCUT2D eigenvalue weighted by Gasteiger charge is -2.34. The molecule has 34 heavy (non-hydrogen) atoms. The third kappa shape index (κ3) is 4.87. The Balaban J connectivity index is 1.45. The number of rotatable bonds is 6. The number of nitrogens with one attached hydrogen (secondary N) is 1. The zero-order chi connectivity index (χ0) is 24.6. The summed E-state index contributed by atoms with van der Waals surface area (Å²) in [5.74, 6) is 0.785. The maximum absolute atomic E-state index is 13.2. The summed E-state index contributed by atoms with van der Waals surface area (Å²) in [5.41, 5.74) is 4.17. The molecule has 2 aromatic carbocycles.